The minimum Gasteiger partial charge on any atom is -0.480 e. The Morgan fingerprint density at radius 2 is 1.67 bits per heavy atom. The Morgan fingerprint density at radius 1 is 1.07 bits per heavy atom. The van der Waals surface area contributed by atoms with E-state index in [1.807, 2.05) is 0 Å². The Hall–Kier alpha value is -2.20. The average molecular weight is 386 g/mol. The standard InChI is InChI=1S/C17H30N4O6/c1-8(2)12(18)15(24)19-9(3)14(23)20-13(10(4)22)16(25)21-7-5-6-11(21)17(26)27/h8-13,22H,5-7,18H2,1-4H3,(H,19,24)(H,20,23)(H,26,27). The molecule has 0 bridgehead atoms. The lowest BCUT2D eigenvalue weighted by atomic mass is 10.0. The lowest BCUT2D eigenvalue weighted by molar-refractivity contribution is -0.150. The molecule has 1 fully saturated rings. The molecule has 10 nitrogen and oxygen atoms in total. The minimum atomic E-state index is -1.31. The number of hydrogen-bond donors (Lipinski definition) is 5. The van der Waals surface area contributed by atoms with E-state index in [9.17, 15) is 29.4 Å². The van der Waals surface area contributed by atoms with Crippen molar-refractivity contribution >= 4 is 23.7 Å². The molecule has 0 aliphatic carbocycles. The molecule has 6 N–H and O–H groups in total. The van der Waals surface area contributed by atoms with Crippen molar-refractivity contribution < 1.29 is 29.4 Å². The zero-order valence-electron chi connectivity index (χ0n) is 16.1. The summed E-state index contributed by atoms with van der Waals surface area (Å²) in [6.07, 6.45) is -0.388. The number of hydrogen-bond acceptors (Lipinski definition) is 6. The number of carboxylic acid groups (broad SMARTS) is 1. The van der Waals surface area contributed by atoms with Crippen LogP contribution in [0.1, 0.15) is 40.5 Å². The van der Waals surface area contributed by atoms with Gasteiger partial charge in [-0.15, -0.1) is 0 Å². The molecule has 154 valence electrons. The van der Waals surface area contributed by atoms with Gasteiger partial charge in [-0.25, -0.2) is 4.79 Å². The zero-order valence-corrected chi connectivity index (χ0v) is 16.1. The number of carboxylic acids is 1. The van der Waals surface area contributed by atoms with E-state index >= 15 is 0 Å². The Balaban J connectivity index is 2.78. The summed E-state index contributed by atoms with van der Waals surface area (Å²) in [6.45, 7) is 6.54. The monoisotopic (exact) mass is 386 g/mol. The van der Waals surface area contributed by atoms with E-state index in [1.54, 1.807) is 13.8 Å². The van der Waals surface area contributed by atoms with Crippen LogP contribution in [0, 0.1) is 5.92 Å². The van der Waals surface area contributed by atoms with E-state index in [2.05, 4.69) is 10.6 Å². The molecule has 27 heavy (non-hydrogen) atoms. The van der Waals surface area contributed by atoms with Crippen LogP contribution >= 0.6 is 0 Å². The summed E-state index contributed by atoms with van der Waals surface area (Å²) in [5, 5.41) is 24.0. The maximum absolute atomic E-state index is 12.7. The number of aliphatic hydroxyl groups excluding tert-OH is 1. The van der Waals surface area contributed by atoms with E-state index in [1.165, 1.54) is 13.8 Å². The highest BCUT2D eigenvalue weighted by Gasteiger charge is 2.39. The maximum Gasteiger partial charge on any atom is 0.326 e. The first-order valence-electron chi connectivity index (χ1n) is 9.05. The lowest BCUT2D eigenvalue weighted by Crippen LogP contribution is -2.59. The molecule has 0 spiro atoms. The van der Waals surface area contributed by atoms with Gasteiger partial charge in [0.1, 0.15) is 18.1 Å². The molecule has 1 aliphatic heterocycles. The number of nitrogens with two attached hydrogens (primary N) is 1. The Kier molecular flexibility index (Phi) is 8.17. The van der Waals surface area contributed by atoms with E-state index in [0.717, 1.165) is 4.90 Å². The molecule has 1 heterocycles. The summed E-state index contributed by atoms with van der Waals surface area (Å²) < 4.78 is 0. The molecule has 1 aliphatic rings. The van der Waals surface area contributed by atoms with Crippen LogP contribution in [0.25, 0.3) is 0 Å². The number of amides is 3. The normalized spacial score (nSPS) is 21.3. The van der Waals surface area contributed by atoms with Gasteiger partial charge < -0.3 is 31.5 Å². The van der Waals surface area contributed by atoms with Crippen molar-refractivity contribution in [2.24, 2.45) is 11.7 Å². The number of carbonyl (C=O) groups excluding carboxylic acids is 3. The van der Waals surface area contributed by atoms with Gasteiger partial charge >= 0.3 is 5.97 Å². The SMILES string of the molecule is CC(NC(=O)C(N)C(C)C)C(=O)NC(C(=O)N1CCCC1C(=O)O)C(C)O. The number of nitrogens with one attached hydrogen (secondary N) is 2. The molecule has 1 rings (SSSR count). The van der Waals surface area contributed by atoms with Gasteiger partial charge in [0, 0.05) is 6.54 Å². The van der Waals surface area contributed by atoms with Crippen LogP contribution in [-0.4, -0.2) is 75.6 Å². The zero-order chi connectivity index (χ0) is 20.9. The first-order chi connectivity index (χ1) is 12.5. The topological polar surface area (TPSA) is 162 Å². The van der Waals surface area contributed by atoms with Crippen LogP contribution in [0.2, 0.25) is 0 Å². The van der Waals surface area contributed by atoms with Gasteiger partial charge in [-0.1, -0.05) is 13.8 Å². The third kappa shape index (κ3) is 5.90. The minimum absolute atomic E-state index is 0.116. The Bertz CT molecular complexity index is 580. The fourth-order valence-electron chi connectivity index (χ4n) is 2.81. The molecule has 5 atom stereocenters. The Morgan fingerprint density at radius 3 is 2.15 bits per heavy atom. The van der Waals surface area contributed by atoms with Gasteiger partial charge in [0.25, 0.3) is 0 Å². The number of aliphatic carboxylic acids is 1. The van der Waals surface area contributed by atoms with Crippen molar-refractivity contribution in [3.63, 3.8) is 0 Å². The summed E-state index contributed by atoms with van der Waals surface area (Å²) in [5.74, 6) is -3.08. The van der Waals surface area contributed by atoms with Crippen LogP contribution in [0.4, 0.5) is 0 Å². The second kappa shape index (κ2) is 9.65. The second-order valence-electron chi connectivity index (χ2n) is 7.25. The number of rotatable bonds is 8. The van der Waals surface area contributed by atoms with E-state index in [-0.39, 0.29) is 12.5 Å². The van der Waals surface area contributed by atoms with Gasteiger partial charge in [0.2, 0.25) is 17.7 Å². The van der Waals surface area contributed by atoms with E-state index < -0.39 is 54.0 Å². The van der Waals surface area contributed by atoms with Gasteiger partial charge in [-0.3, -0.25) is 14.4 Å². The third-order valence-electron chi connectivity index (χ3n) is 4.64. The molecule has 10 heteroatoms. The first kappa shape index (κ1) is 22.8. The lowest BCUT2D eigenvalue weighted by Gasteiger charge is -2.29. The third-order valence-corrected chi connectivity index (χ3v) is 4.64. The van der Waals surface area contributed by atoms with E-state index in [4.69, 9.17) is 5.73 Å². The predicted octanol–water partition coefficient (Wildman–Crippen LogP) is -1.58. The highest BCUT2D eigenvalue weighted by atomic mass is 16.4. The summed E-state index contributed by atoms with van der Waals surface area (Å²) in [7, 11) is 0. The van der Waals surface area contributed by atoms with Gasteiger partial charge in [0.05, 0.1) is 12.1 Å². The van der Waals surface area contributed by atoms with Crippen LogP contribution in [-0.2, 0) is 19.2 Å². The van der Waals surface area contributed by atoms with Crippen LogP contribution in [0.15, 0.2) is 0 Å². The highest BCUT2D eigenvalue weighted by Crippen LogP contribution is 2.19. The van der Waals surface area contributed by atoms with Crippen LogP contribution < -0.4 is 16.4 Å². The molecule has 0 aromatic heterocycles. The first-order valence-corrected chi connectivity index (χ1v) is 9.05. The van der Waals surface area contributed by atoms with Crippen molar-refractivity contribution in [3.8, 4) is 0 Å². The molecule has 3 amide bonds. The van der Waals surface area contributed by atoms with Crippen LogP contribution in [0.5, 0.6) is 0 Å². The molecule has 1 saturated heterocycles. The largest absolute Gasteiger partial charge is 0.480 e. The molecule has 0 aromatic rings. The summed E-state index contributed by atoms with van der Waals surface area (Å²) >= 11 is 0. The molecule has 0 saturated carbocycles. The fraction of sp³-hybridized carbons (Fsp3) is 0.765. The summed E-state index contributed by atoms with van der Waals surface area (Å²) in [6, 6.07) is -4.05. The summed E-state index contributed by atoms with van der Waals surface area (Å²) in [5.41, 5.74) is 5.73. The van der Waals surface area contributed by atoms with Crippen molar-refractivity contribution in [3.05, 3.63) is 0 Å². The predicted molar refractivity (Wildman–Crippen MR) is 96.4 cm³/mol. The number of aliphatic hydroxyl groups is 1. The van der Waals surface area contributed by atoms with Gasteiger partial charge in [-0.2, -0.15) is 0 Å². The van der Waals surface area contributed by atoms with Crippen molar-refractivity contribution in [2.75, 3.05) is 6.54 Å². The van der Waals surface area contributed by atoms with Gasteiger partial charge in [-0.05, 0) is 32.6 Å². The highest BCUT2D eigenvalue weighted by molar-refractivity contribution is 5.94. The second-order valence-corrected chi connectivity index (χ2v) is 7.25. The quantitative estimate of drug-likeness (QED) is 0.336. The Labute approximate surface area is 158 Å². The number of likely N-dealkylation sites (tertiary alicyclic amines) is 1. The van der Waals surface area contributed by atoms with Crippen molar-refractivity contribution in [1.29, 1.82) is 0 Å². The molecule has 0 radical (unpaired) electrons. The van der Waals surface area contributed by atoms with E-state index in [0.29, 0.717) is 12.8 Å². The number of nitrogens with zero attached hydrogens (tertiary/aromatic N) is 1. The van der Waals surface area contributed by atoms with Crippen LogP contribution in [0.3, 0.4) is 0 Å². The average Bonchev–Trinajstić information content (AvgIpc) is 3.07. The number of carbonyl (C=O) groups is 4. The summed E-state index contributed by atoms with van der Waals surface area (Å²) in [4.78, 5) is 49.4. The molecular formula is C17H30N4O6. The smallest absolute Gasteiger partial charge is 0.326 e. The van der Waals surface area contributed by atoms with Crippen molar-refractivity contribution in [2.45, 2.75) is 70.8 Å². The fourth-order valence-corrected chi connectivity index (χ4v) is 2.81. The molecular weight excluding hydrogens is 356 g/mol. The van der Waals surface area contributed by atoms with Gasteiger partial charge in [0.15, 0.2) is 0 Å². The maximum atomic E-state index is 12.7. The molecule has 0 aromatic carbocycles. The molecule has 5 unspecified atom stereocenters. The van der Waals surface area contributed by atoms with Crippen molar-refractivity contribution in [1.82, 2.24) is 15.5 Å².